The highest BCUT2D eigenvalue weighted by Gasteiger charge is 2.33. The molecule has 0 aromatic heterocycles. The highest BCUT2D eigenvalue weighted by molar-refractivity contribution is 7.92. The SMILES string of the molecule is CCOc1ccc(N(CC(=O)N(Cc2ccc(F)cc2)[C@H](C)C(=O)NC(C)(C)C)S(=O)(=O)c2ccc(C)cc2)cc1. The molecule has 0 bridgehead atoms. The smallest absolute Gasteiger partial charge is 0.264 e. The summed E-state index contributed by atoms with van der Waals surface area (Å²) < 4.78 is 47.9. The standard InChI is InChI=1S/C31H38FN3O5S/c1-7-40-27-16-14-26(15-17-27)35(41(38,39)28-18-8-22(2)9-19-28)21-29(36)34(20-24-10-12-25(32)13-11-24)23(3)30(37)33-31(4,5)6/h8-19,23H,7,20-21H2,1-6H3,(H,33,37)/t23-/m1/s1. The summed E-state index contributed by atoms with van der Waals surface area (Å²) in [6.07, 6.45) is 0. The van der Waals surface area contributed by atoms with E-state index in [0.717, 1.165) is 9.87 Å². The van der Waals surface area contributed by atoms with Crippen LogP contribution in [0.15, 0.2) is 77.7 Å². The zero-order valence-corrected chi connectivity index (χ0v) is 25.2. The molecule has 3 rings (SSSR count). The van der Waals surface area contributed by atoms with Crippen LogP contribution >= 0.6 is 0 Å². The van der Waals surface area contributed by atoms with Crippen molar-refractivity contribution in [3.05, 3.63) is 89.7 Å². The summed E-state index contributed by atoms with van der Waals surface area (Å²) in [5, 5.41) is 2.88. The Morgan fingerprint density at radius 3 is 2.07 bits per heavy atom. The average Bonchev–Trinajstić information content (AvgIpc) is 2.91. The molecule has 0 aliphatic rings. The third-order valence-corrected chi connectivity index (χ3v) is 8.04. The average molecular weight is 584 g/mol. The molecule has 1 atom stereocenters. The van der Waals surface area contributed by atoms with Crippen LogP contribution in [0.1, 0.15) is 45.7 Å². The fraction of sp³-hybridized carbons (Fsp3) is 0.355. The van der Waals surface area contributed by atoms with Crippen LogP contribution in [0.25, 0.3) is 0 Å². The summed E-state index contributed by atoms with van der Waals surface area (Å²) in [4.78, 5) is 28.4. The molecule has 0 saturated heterocycles. The molecule has 8 nitrogen and oxygen atoms in total. The lowest BCUT2D eigenvalue weighted by Gasteiger charge is -2.33. The molecule has 3 aromatic rings. The van der Waals surface area contributed by atoms with Gasteiger partial charge in [0.15, 0.2) is 0 Å². The van der Waals surface area contributed by atoms with Gasteiger partial charge in [-0.3, -0.25) is 13.9 Å². The van der Waals surface area contributed by atoms with E-state index in [1.807, 2.05) is 34.6 Å². The number of aryl methyl sites for hydroxylation is 1. The highest BCUT2D eigenvalue weighted by atomic mass is 32.2. The van der Waals surface area contributed by atoms with Crippen molar-refractivity contribution in [2.75, 3.05) is 17.5 Å². The maximum absolute atomic E-state index is 14.0. The van der Waals surface area contributed by atoms with Crippen LogP contribution in [0, 0.1) is 12.7 Å². The summed E-state index contributed by atoms with van der Waals surface area (Å²) in [6, 6.07) is 17.4. The molecule has 0 aliphatic carbocycles. The largest absolute Gasteiger partial charge is 0.494 e. The van der Waals surface area contributed by atoms with E-state index < -0.39 is 45.8 Å². The first kappa shape index (κ1) is 31.6. The number of amides is 2. The lowest BCUT2D eigenvalue weighted by atomic mass is 10.1. The van der Waals surface area contributed by atoms with E-state index in [9.17, 15) is 22.4 Å². The number of rotatable bonds is 11. The molecule has 2 amide bonds. The van der Waals surface area contributed by atoms with E-state index in [2.05, 4.69) is 5.32 Å². The third-order valence-electron chi connectivity index (χ3n) is 6.26. The normalized spacial score (nSPS) is 12.4. The van der Waals surface area contributed by atoms with Crippen molar-refractivity contribution in [3.63, 3.8) is 0 Å². The monoisotopic (exact) mass is 583 g/mol. The van der Waals surface area contributed by atoms with Crippen LogP contribution < -0.4 is 14.4 Å². The molecule has 10 heteroatoms. The van der Waals surface area contributed by atoms with E-state index in [1.54, 1.807) is 43.3 Å². The second-order valence-electron chi connectivity index (χ2n) is 10.8. The van der Waals surface area contributed by atoms with Crippen molar-refractivity contribution in [2.24, 2.45) is 0 Å². The Bertz CT molecular complexity index is 1440. The molecular weight excluding hydrogens is 545 g/mol. The molecule has 41 heavy (non-hydrogen) atoms. The number of ether oxygens (including phenoxy) is 1. The van der Waals surface area contributed by atoms with Gasteiger partial charge in [0.2, 0.25) is 11.8 Å². The van der Waals surface area contributed by atoms with Gasteiger partial charge in [-0.25, -0.2) is 12.8 Å². The van der Waals surface area contributed by atoms with E-state index >= 15 is 0 Å². The van der Waals surface area contributed by atoms with Crippen LogP contribution in [0.2, 0.25) is 0 Å². The van der Waals surface area contributed by atoms with E-state index in [-0.39, 0.29) is 17.1 Å². The van der Waals surface area contributed by atoms with Crippen molar-refractivity contribution in [2.45, 2.75) is 64.6 Å². The van der Waals surface area contributed by atoms with Crippen molar-refractivity contribution >= 4 is 27.5 Å². The molecule has 0 fully saturated rings. The Kier molecular flexibility index (Phi) is 10.1. The van der Waals surface area contributed by atoms with Crippen LogP contribution in [0.4, 0.5) is 10.1 Å². The second kappa shape index (κ2) is 13.2. The molecule has 0 spiro atoms. The van der Waals surface area contributed by atoms with Gasteiger partial charge in [-0.15, -0.1) is 0 Å². The maximum Gasteiger partial charge on any atom is 0.264 e. The minimum Gasteiger partial charge on any atom is -0.494 e. The van der Waals surface area contributed by atoms with Gasteiger partial charge in [-0.05, 0) is 95.6 Å². The van der Waals surface area contributed by atoms with Crippen molar-refractivity contribution in [3.8, 4) is 5.75 Å². The van der Waals surface area contributed by atoms with Crippen LogP contribution in [0.5, 0.6) is 5.75 Å². The molecule has 3 aromatic carbocycles. The number of benzene rings is 3. The summed E-state index contributed by atoms with van der Waals surface area (Å²) in [5.74, 6) is -0.880. The van der Waals surface area contributed by atoms with Crippen molar-refractivity contribution in [1.82, 2.24) is 10.2 Å². The lowest BCUT2D eigenvalue weighted by Crippen LogP contribution is -2.54. The first-order valence-electron chi connectivity index (χ1n) is 13.4. The number of hydrogen-bond donors (Lipinski definition) is 1. The number of carbonyl (C=O) groups is 2. The van der Waals surface area contributed by atoms with Gasteiger partial charge in [0.05, 0.1) is 17.2 Å². The Labute approximate surface area is 242 Å². The van der Waals surface area contributed by atoms with Crippen molar-refractivity contribution in [1.29, 1.82) is 0 Å². The number of nitrogens with zero attached hydrogens (tertiary/aromatic N) is 2. The summed E-state index contributed by atoms with van der Waals surface area (Å²) in [5.41, 5.74) is 1.18. The second-order valence-corrected chi connectivity index (χ2v) is 12.7. The van der Waals surface area contributed by atoms with E-state index in [4.69, 9.17) is 4.74 Å². The Balaban J connectivity index is 2.03. The third kappa shape index (κ3) is 8.53. The zero-order valence-electron chi connectivity index (χ0n) is 24.3. The molecule has 0 unspecified atom stereocenters. The van der Waals surface area contributed by atoms with E-state index in [0.29, 0.717) is 17.9 Å². The first-order chi connectivity index (χ1) is 19.2. The topological polar surface area (TPSA) is 96.0 Å². The van der Waals surface area contributed by atoms with Gasteiger partial charge in [0.25, 0.3) is 10.0 Å². The molecule has 0 heterocycles. The number of carbonyl (C=O) groups excluding carboxylic acids is 2. The minimum absolute atomic E-state index is 0.0217. The Hall–Kier alpha value is -3.92. The molecule has 220 valence electrons. The first-order valence-corrected chi connectivity index (χ1v) is 14.8. The van der Waals surface area contributed by atoms with Crippen LogP contribution in [0.3, 0.4) is 0 Å². The molecule has 0 radical (unpaired) electrons. The Morgan fingerprint density at radius 1 is 0.951 bits per heavy atom. The maximum atomic E-state index is 14.0. The fourth-order valence-electron chi connectivity index (χ4n) is 4.08. The number of sulfonamides is 1. The van der Waals surface area contributed by atoms with E-state index in [1.165, 1.54) is 41.3 Å². The van der Waals surface area contributed by atoms with Crippen LogP contribution in [-0.2, 0) is 26.2 Å². The molecule has 0 aliphatic heterocycles. The number of halogens is 1. The van der Waals surface area contributed by atoms with Gasteiger partial charge in [0.1, 0.15) is 24.2 Å². The van der Waals surface area contributed by atoms with Gasteiger partial charge in [-0.1, -0.05) is 29.8 Å². The van der Waals surface area contributed by atoms with Gasteiger partial charge < -0.3 is 15.0 Å². The van der Waals surface area contributed by atoms with Gasteiger partial charge in [-0.2, -0.15) is 0 Å². The van der Waals surface area contributed by atoms with Gasteiger partial charge in [0, 0.05) is 12.1 Å². The summed E-state index contributed by atoms with van der Waals surface area (Å²) in [7, 11) is -4.18. The molecule has 1 N–H and O–H groups in total. The predicted molar refractivity (Wildman–Crippen MR) is 158 cm³/mol. The zero-order chi connectivity index (χ0) is 30.4. The fourth-order valence-corrected chi connectivity index (χ4v) is 5.50. The number of anilines is 1. The molecule has 0 saturated carbocycles. The minimum atomic E-state index is -4.18. The van der Waals surface area contributed by atoms with Crippen molar-refractivity contribution < 1.29 is 27.1 Å². The highest BCUT2D eigenvalue weighted by Crippen LogP contribution is 2.27. The lowest BCUT2D eigenvalue weighted by molar-refractivity contribution is -0.140. The van der Waals surface area contributed by atoms with Gasteiger partial charge >= 0.3 is 0 Å². The number of hydrogen-bond acceptors (Lipinski definition) is 5. The number of nitrogens with one attached hydrogen (secondary N) is 1. The molecular formula is C31H38FN3O5S. The van der Waals surface area contributed by atoms with Crippen LogP contribution in [-0.4, -0.2) is 49.9 Å². The predicted octanol–water partition coefficient (Wildman–Crippen LogP) is 5.06. The summed E-state index contributed by atoms with van der Waals surface area (Å²) in [6.45, 7) is 10.6. The quantitative estimate of drug-likeness (QED) is 0.341. The summed E-state index contributed by atoms with van der Waals surface area (Å²) >= 11 is 0. The Morgan fingerprint density at radius 2 is 1.54 bits per heavy atom.